The average molecular weight is 360 g/mol. The van der Waals surface area contributed by atoms with Gasteiger partial charge < -0.3 is 15.3 Å². The Kier molecular flexibility index (Phi) is 6.40. The van der Waals surface area contributed by atoms with Gasteiger partial charge in [0, 0.05) is 24.2 Å². The maximum absolute atomic E-state index is 12.8. The molecule has 1 aliphatic rings. The Hall–Kier alpha value is -2.37. The van der Waals surface area contributed by atoms with Crippen molar-refractivity contribution in [3.63, 3.8) is 0 Å². The van der Waals surface area contributed by atoms with Gasteiger partial charge in [-0.05, 0) is 55.4 Å². The van der Waals surface area contributed by atoms with E-state index in [1.54, 1.807) is 18.2 Å². The van der Waals surface area contributed by atoms with Crippen molar-refractivity contribution in [1.29, 1.82) is 0 Å². The minimum atomic E-state index is -0.959. The van der Waals surface area contributed by atoms with Gasteiger partial charge in [0.2, 0.25) is 5.91 Å². The molecular weight excluding hydrogens is 332 g/mol. The van der Waals surface area contributed by atoms with Crippen LogP contribution in [-0.4, -0.2) is 40.4 Å². The highest BCUT2D eigenvalue weighted by Gasteiger charge is 2.35. The first kappa shape index (κ1) is 19.9. The maximum Gasteiger partial charge on any atom is 0.326 e. The molecule has 2 amide bonds. The molecular formula is C20H28N2O4. The van der Waals surface area contributed by atoms with Crippen molar-refractivity contribution < 1.29 is 19.5 Å². The Morgan fingerprint density at radius 1 is 1.31 bits per heavy atom. The van der Waals surface area contributed by atoms with E-state index < -0.39 is 12.0 Å². The van der Waals surface area contributed by atoms with Crippen molar-refractivity contribution in [2.45, 2.75) is 53.0 Å². The number of hydrogen-bond acceptors (Lipinski definition) is 3. The van der Waals surface area contributed by atoms with E-state index in [0.29, 0.717) is 36.6 Å². The van der Waals surface area contributed by atoms with Gasteiger partial charge in [0.1, 0.15) is 6.04 Å². The van der Waals surface area contributed by atoms with Gasteiger partial charge in [-0.25, -0.2) is 4.79 Å². The van der Waals surface area contributed by atoms with E-state index in [2.05, 4.69) is 5.32 Å². The molecule has 2 N–H and O–H groups in total. The van der Waals surface area contributed by atoms with Gasteiger partial charge in [0.05, 0.1) is 0 Å². The zero-order chi connectivity index (χ0) is 19.4. The summed E-state index contributed by atoms with van der Waals surface area (Å²) in [6.45, 7) is 8.24. The van der Waals surface area contributed by atoms with Gasteiger partial charge in [-0.2, -0.15) is 0 Å². The highest BCUT2D eigenvalue weighted by molar-refractivity contribution is 5.98. The van der Waals surface area contributed by atoms with Crippen LogP contribution in [0.2, 0.25) is 0 Å². The number of benzene rings is 1. The van der Waals surface area contributed by atoms with Gasteiger partial charge in [-0.1, -0.05) is 20.8 Å². The Morgan fingerprint density at radius 3 is 2.58 bits per heavy atom. The van der Waals surface area contributed by atoms with Crippen LogP contribution < -0.4 is 5.32 Å². The van der Waals surface area contributed by atoms with Crippen molar-refractivity contribution in [3.05, 3.63) is 29.3 Å². The molecule has 0 aromatic heterocycles. The Morgan fingerprint density at radius 2 is 2.00 bits per heavy atom. The third kappa shape index (κ3) is 4.84. The number of carbonyl (C=O) groups is 3. The molecule has 1 saturated heterocycles. The fourth-order valence-electron chi connectivity index (χ4n) is 3.29. The molecule has 26 heavy (non-hydrogen) atoms. The number of aliphatic carboxylic acids is 1. The molecule has 2 atom stereocenters. The van der Waals surface area contributed by atoms with Gasteiger partial charge >= 0.3 is 5.97 Å². The number of rotatable bonds is 5. The monoisotopic (exact) mass is 360 g/mol. The summed E-state index contributed by atoms with van der Waals surface area (Å²) in [5, 5.41) is 12.3. The number of hydrogen-bond donors (Lipinski definition) is 2. The van der Waals surface area contributed by atoms with Crippen molar-refractivity contribution in [2.75, 3.05) is 11.9 Å². The zero-order valence-corrected chi connectivity index (χ0v) is 15.9. The summed E-state index contributed by atoms with van der Waals surface area (Å²) in [5.74, 6) is -0.726. The number of nitrogens with one attached hydrogen (secondary N) is 1. The summed E-state index contributed by atoms with van der Waals surface area (Å²) >= 11 is 0. The van der Waals surface area contributed by atoms with E-state index in [1.165, 1.54) is 4.90 Å². The molecule has 6 nitrogen and oxygen atoms in total. The normalized spacial score (nSPS) is 20.1. The number of piperidine rings is 1. The van der Waals surface area contributed by atoms with E-state index >= 15 is 0 Å². The summed E-state index contributed by atoms with van der Waals surface area (Å²) in [5.41, 5.74) is 1.91. The molecule has 0 radical (unpaired) electrons. The molecule has 0 aliphatic carbocycles. The van der Waals surface area contributed by atoms with Crippen molar-refractivity contribution in [1.82, 2.24) is 4.90 Å². The third-order valence-electron chi connectivity index (χ3n) is 4.75. The molecule has 0 spiro atoms. The highest BCUT2D eigenvalue weighted by Crippen LogP contribution is 2.26. The fraction of sp³-hybridized carbons (Fsp3) is 0.550. The Labute approximate surface area is 154 Å². The predicted octanol–water partition coefficient (Wildman–Crippen LogP) is 3.30. The molecule has 142 valence electrons. The molecule has 1 heterocycles. The smallest absolute Gasteiger partial charge is 0.326 e. The first-order chi connectivity index (χ1) is 12.2. The first-order valence-corrected chi connectivity index (χ1v) is 9.13. The number of carbonyl (C=O) groups excluding carboxylic acids is 2. The summed E-state index contributed by atoms with van der Waals surface area (Å²) in [6, 6.07) is 4.29. The van der Waals surface area contributed by atoms with E-state index in [0.717, 1.165) is 12.0 Å². The highest BCUT2D eigenvalue weighted by atomic mass is 16.4. The van der Waals surface area contributed by atoms with Crippen molar-refractivity contribution >= 4 is 23.5 Å². The SMILES string of the molecule is Cc1cc(C(=O)N2CCC(C)CC2C(=O)O)ccc1NC(=O)CC(C)C. The van der Waals surface area contributed by atoms with Crippen LogP contribution in [0.15, 0.2) is 18.2 Å². The van der Waals surface area contributed by atoms with Gasteiger partial charge in [0.25, 0.3) is 5.91 Å². The number of anilines is 1. The summed E-state index contributed by atoms with van der Waals surface area (Å²) in [6.07, 6.45) is 1.72. The number of likely N-dealkylation sites (tertiary alicyclic amines) is 1. The zero-order valence-electron chi connectivity index (χ0n) is 15.9. The predicted molar refractivity (Wildman–Crippen MR) is 100 cm³/mol. The summed E-state index contributed by atoms with van der Waals surface area (Å²) in [7, 11) is 0. The molecule has 1 fully saturated rings. The van der Waals surface area contributed by atoms with Crippen LogP contribution in [0.1, 0.15) is 56.0 Å². The number of carboxylic acid groups (broad SMARTS) is 1. The largest absolute Gasteiger partial charge is 0.480 e. The second-order valence-corrected chi connectivity index (χ2v) is 7.66. The van der Waals surface area contributed by atoms with E-state index in [9.17, 15) is 19.5 Å². The maximum atomic E-state index is 12.8. The second kappa shape index (κ2) is 8.34. The first-order valence-electron chi connectivity index (χ1n) is 9.13. The Bertz CT molecular complexity index is 699. The minimum absolute atomic E-state index is 0.0573. The summed E-state index contributed by atoms with van der Waals surface area (Å²) in [4.78, 5) is 37.8. The standard InChI is InChI=1S/C20H28N2O4/c1-12(2)9-18(23)21-16-6-5-15(11-14(16)4)19(24)22-8-7-13(3)10-17(22)20(25)26/h5-6,11-13,17H,7-10H2,1-4H3,(H,21,23)(H,25,26). The Balaban J connectivity index is 2.15. The molecule has 1 aliphatic heterocycles. The summed E-state index contributed by atoms with van der Waals surface area (Å²) < 4.78 is 0. The van der Waals surface area contributed by atoms with Crippen LogP contribution in [0, 0.1) is 18.8 Å². The second-order valence-electron chi connectivity index (χ2n) is 7.66. The number of nitrogens with zero attached hydrogens (tertiary/aromatic N) is 1. The van der Waals surface area contributed by atoms with Crippen LogP contribution in [0.5, 0.6) is 0 Å². The number of amides is 2. The molecule has 0 bridgehead atoms. The van der Waals surface area contributed by atoms with E-state index in [-0.39, 0.29) is 17.7 Å². The minimum Gasteiger partial charge on any atom is -0.480 e. The number of carboxylic acids is 1. The molecule has 1 aromatic carbocycles. The van der Waals surface area contributed by atoms with Crippen molar-refractivity contribution in [2.24, 2.45) is 11.8 Å². The topological polar surface area (TPSA) is 86.7 Å². The lowest BCUT2D eigenvalue weighted by Gasteiger charge is -2.36. The third-order valence-corrected chi connectivity index (χ3v) is 4.75. The lowest BCUT2D eigenvalue weighted by Crippen LogP contribution is -2.49. The van der Waals surface area contributed by atoms with Gasteiger partial charge in [0.15, 0.2) is 0 Å². The van der Waals surface area contributed by atoms with Crippen LogP contribution in [-0.2, 0) is 9.59 Å². The number of aryl methyl sites for hydroxylation is 1. The van der Waals surface area contributed by atoms with Gasteiger partial charge in [-0.3, -0.25) is 9.59 Å². The van der Waals surface area contributed by atoms with Crippen LogP contribution in [0.3, 0.4) is 0 Å². The lowest BCUT2D eigenvalue weighted by atomic mass is 9.91. The molecule has 6 heteroatoms. The molecule has 2 rings (SSSR count). The molecule has 1 aromatic rings. The average Bonchev–Trinajstić information content (AvgIpc) is 2.55. The van der Waals surface area contributed by atoms with Crippen molar-refractivity contribution in [3.8, 4) is 0 Å². The van der Waals surface area contributed by atoms with Crippen LogP contribution >= 0.6 is 0 Å². The van der Waals surface area contributed by atoms with Crippen LogP contribution in [0.25, 0.3) is 0 Å². The van der Waals surface area contributed by atoms with Gasteiger partial charge in [-0.15, -0.1) is 0 Å². The quantitative estimate of drug-likeness (QED) is 0.843. The van der Waals surface area contributed by atoms with Crippen LogP contribution in [0.4, 0.5) is 5.69 Å². The van der Waals surface area contributed by atoms with E-state index in [4.69, 9.17) is 0 Å². The lowest BCUT2D eigenvalue weighted by molar-refractivity contribution is -0.144. The molecule has 2 unspecified atom stereocenters. The fourth-order valence-corrected chi connectivity index (χ4v) is 3.29. The van der Waals surface area contributed by atoms with E-state index in [1.807, 2.05) is 27.7 Å². The molecule has 0 saturated carbocycles.